The van der Waals surface area contributed by atoms with E-state index >= 15 is 0 Å². The lowest BCUT2D eigenvalue weighted by Crippen LogP contribution is -2.35. The van der Waals surface area contributed by atoms with Crippen LogP contribution < -0.4 is 0 Å². The molecular formula is C10H12BrNO3. The summed E-state index contributed by atoms with van der Waals surface area (Å²) < 4.78 is 3.86. The molecule has 4 nitrogen and oxygen atoms in total. The summed E-state index contributed by atoms with van der Waals surface area (Å²) in [6.07, 6.45) is -0.617. The van der Waals surface area contributed by atoms with E-state index in [1.807, 2.05) is 18.2 Å². The van der Waals surface area contributed by atoms with Crippen molar-refractivity contribution in [3.8, 4) is 0 Å². The Morgan fingerprint density at radius 3 is 2.40 bits per heavy atom. The quantitative estimate of drug-likeness (QED) is 0.367. The van der Waals surface area contributed by atoms with E-state index in [1.54, 1.807) is 12.1 Å². The van der Waals surface area contributed by atoms with Gasteiger partial charge in [0.05, 0.1) is 0 Å². The number of nitrogens with zero attached hydrogens (tertiary/aromatic N) is 1. The van der Waals surface area contributed by atoms with Gasteiger partial charge < -0.3 is 4.74 Å². The molecule has 0 saturated carbocycles. The number of alkyl halides is 1. The van der Waals surface area contributed by atoms with Gasteiger partial charge in [0.1, 0.15) is 0 Å². The van der Waals surface area contributed by atoms with Crippen LogP contribution in [-0.2, 0) is 4.74 Å². The predicted octanol–water partition coefficient (Wildman–Crippen LogP) is 2.76. The van der Waals surface area contributed by atoms with Crippen LogP contribution in [0.5, 0.6) is 0 Å². The van der Waals surface area contributed by atoms with Crippen molar-refractivity contribution in [2.45, 2.75) is 17.5 Å². The van der Waals surface area contributed by atoms with Crippen molar-refractivity contribution in [2.24, 2.45) is 0 Å². The lowest BCUT2D eigenvalue weighted by atomic mass is 10.0. The maximum atomic E-state index is 10.9. The molecule has 0 N–H and O–H groups in total. The van der Waals surface area contributed by atoms with E-state index in [-0.39, 0.29) is 0 Å². The Morgan fingerprint density at radius 2 is 2.00 bits per heavy atom. The normalized spacial score (nSPS) is 16.7. The van der Waals surface area contributed by atoms with Crippen LogP contribution in [0.15, 0.2) is 30.3 Å². The van der Waals surface area contributed by atoms with E-state index in [0.29, 0.717) is 0 Å². The number of rotatable bonds is 4. The van der Waals surface area contributed by atoms with E-state index in [9.17, 15) is 10.1 Å². The Kier molecular flexibility index (Phi) is 3.82. The Labute approximate surface area is 96.5 Å². The van der Waals surface area contributed by atoms with Crippen LogP contribution in [0, 0.1) is 10.1 Å². The second kappa shape index (κ2) is 4.72. The minimum Gasteiger partial charge on any atom is -0.368 e. The molecule has 0 aromatic heterocycles. The van der Waals surface area contributed by atoms with Gasteiger partial charge in [-0.05, 0) is 5.56 Å². The zero-order valence-corrected chi connectivity index (χ0v) is 10.1. The summed E-state index contributed by atoms with van der Waals surface area (Å²) in [4.78, 5) is 10.5. The highest BCUT2D eigenvalue weighted by molar-refractivity contribution is 9.10. The molecule has 0 spiro atoms. The molecule has 2 atom stereocenters. The molecule has 82 valence electrons. The second-order valence-corrected chi connectivity index (χ2v) is 4.91. The van der Waals surface area contributed by atoms with Gasteiger partial charge in [0, 0.05) is 34.9 Å². The molecule has 15 heavy (non-hydrogen) atoms. The average molecular weight is 274 g/mol. The van der Waals surface area contributed by atoms with Crippen molar-refractivity contribution in [3.63, 3.8) is 0 Å². The molecule has 0 aliphatic heterocycles. The lowest BCUT2D eigenvalue weighted by molar-refractivity contribution is -0.545. The summed E-state index contributed by atoms with van der Waals surface area (Å²) in [5, 5.41) is 10.9. The third-order valence-corrected chi connectivity index (χ3v) is 2.88. The summed E-state index contributed by atoms with van der Waals surface area (Å²) in [6, 6.07) is 9.11. The molecule has 0 fully saturated rings. The Morgan fingerprint density at radius 1 is 1.47 bits per heavy atom. The molecule has 0 amide bonds. The number of methoxy groups -OCH3 is 1. The number of benzene rings is 1. The first-order chi connectivity index (χ1) is 7.00. The highest BCUT2D eigenvalue weighted by Gasteiger charge is 2.44. The van der Waals surface area contributed by atoms with Crippen LogP contribution in [0.3, 0.4) is 0 Å². The van der Waals surface area contributed by atoms with Gasteiger partial charge in [0.25, 0.3) is 0 Å². The maximum Gasteiger partial charge on any atom is 0.301 e. The minimum absolute atomic E-state index is 0.395. The highest BCUT2D eigenvalue weighted by Crippen LogP contribution is 2.36. The van der Waals surface area contributed by atoms with Crippen molar-refractivity contribution in [1.82, 2.24) is 0 Å². The summed E-state index contributed by atoms with van der Waals surface area (Å²) in [7, 11) is 1.46. The van der Waals surface area contributed by atoms with Crippen LogP contribution >= 0.6 is 15.9 Å². The molecule has 2 unspecified atom stereocenters. The number of hydrogen-bond acceptors (Lipinski definition) is 3. The fraction of sp³-hybridized carbons (Fsp3) is 0.400. The van der Waals surface area contributed by atoms with Gasteiger partial charge in [-0.15, -0.1) is 0 Å². The predicted molar refractivity (Wildman–Crippen MR) is 60.5 cm³/mol. The second-order valence-electron chi connectivity index (χ2n) is 3.31. The van der Waals surface area contributed by atoms with Gasteiger partial charge in [0.15, 0.2) is 6.10 Å². The summed E-state index contributed by atoms with van der Waals surface area (Å²) in [5.74, 6) is 0. The van der Waals surface area contributed by atoms with Crippen molar-refractivity contribution in [3.05, 3.63) is 46.0 Å². The maximum absolute atomic E-state index is 10.9. The minimum atomic E-state index is -1.32. The Hall–Kier alpha value is -0.940. The molecule has 0 saturated heterocycles. The molecule has 5 heteroatoms. The first kappa shape index (κ1) is 12.1. The number of hydrogen-bond donors (Lipinski definition) is 0. The molecule has 0 bridgehead atoms. The summed E-state index contributed by atoms with van der Waals surface area (Å²) in [6.45, 7) is 1.48. The molecule has 1 aromatic rings. The largest absolute Gasteiger partial charge is 0.368 e. The third-order valence-electron chi connectivity index (χ3n) is 2.17. The van der Waals surface area contributed by atoms with Crippen molar-refractivity contribution >= 4 is 15.9 Å². The van der Waals surface area contributed by atoms with Gasteiger partial charge in [-0.1, -0.05) is 30.3 Å². The molecular weight excluding hydrogens is 262 g/mol. The van der Waals surface area contributed by atoms with Gasteiger partial charge >= 0.3 is 4.45 Å². The highest BCUT2D eigenvalue weighted by atomic mass is 79.9. The van der Waals surface area contributed by atoms with E-state index in [1.165, 1.54) is 14.0 Å². The topological polar surface area (TPSA) is 52.4 Å². The smallest absolute Gasteiger partial charge is 0.301 e. The first-order valence-electron chi connectivity index (χ1n) is 4.41. The molecule has 0 aliphatic carbocycles. The van der Waals surface area contributed by atoms with Crippen LogP contribution in [0.4, 0.5) is 0 Å². The summed E-state index contributed by atoms with van der Waals surface area (Å²) >= 11 is 3.09. The van der Waals surface area contributed by atoms with Gasteiger partial charge in [-0.25, -0.2) is 0 Å². The molecule has 0 heterocycles. The molecule has 0 radical (unpaired) electrons. The zero-order valence-electron chi connectivity index (χ0n) is 8.51. The van der Waals surface area contributed by atoms with Gasteiger partial charge in [-0.3, -0.25) is 10.1 Å². The number of nitro groups is 1. The molecule has 1 rings (SSSR count). The Bertz CT molecular complexity index is 340. The number of ether oxygens (including phenoxy) is 1. The fourth-order valence-corrected chi connectivity index (χ4v) is 1.83. The SMILES string of the molecule is COC(c1ccccc1)C(C)(Br)[N+](=O)[O-]. The van der Waals surface area contributed by atoms with E-state index in [0.717, 1.165) is 5.56 Å². The van der Waals surface area contributed by atoms with Crippen LogP contribution in [0.1, 0.15) is 18.6 Å². The van der Waals surface area contributed by atoms with Crippen LogP contribution in [0.25, 0.3) is 0 Å². The van der Waals surface area contributed by atoms with E-state index < -0.39 is 15.5 Å². The van der Waals surface area contributed by atoms with Crippen LogP contribution in [-0.4, -0.2) is 16.5 Å². The van der Waals surface area contributed by atoms with E-state index in [4.69, 9.17) is 4.74 Å². The zero-order chi connectivity index (χ0) is 11.5. The third kappa shape index (κ3) is 2.54. The van der Waals surface area contributed by atoms with Crippen molar-refractivity contribution in [2.75, 3.05) is 7.11 Å². The summed E-state index contributed by atoms with van der Waals surface area (Å²) in [5.41, 5.74) is 0.774. The van der Waals surface area contributed by atoms with Gasteiger partial charge in [-0.2, -0.15) is 0 Å². The number of halogens is 1. The van der Waals surface area contributed by atoms with Gasteiger partial charge in [0.2, 0.25) is 0 Å². The average Bonchev–Trinajstić information content (AvgIpc) is 2.19. The van der Waals surface area contributed by atoms with Crippen LogP contribution in [0.2, 0.25) is 0 Å². The molecule has 1 aromatic carbocycles. The monoisotopic (exact) mass is 273 g/mol. The fourth-order valence-electron chi connectivity index (χ4n) is 1.38. The first-order valence-corrected chi connectivity index (χ1v) is 5.20. The lowest BCUT2D eigenvalue weighted by Gasteiger charge is -2.23. The Balaban J connectivity index is 3.05. The standard InChI is InChI=1S/C10H12BrNO3/c1-10(11,12(13)14)9(15-2)8-6-4-3-5-7-8/h3-7,9H,1-2H3. The molecule has 0 aliphatic rings. The van der Waals surface area contributed by atoms with Crippen molar-refractivity contribution in [1.29, 1.82) is 0 Å². The van der Waals surface area contributed by atoms with E-state index in [2.05, 4.69) is 15.9 Å². The van der Waals surface area contributed by atoms with Crippen molar-refractivity contribution < 1.29 is 9.66 Å².